The van der Waals surface area contributed by atoms with Crippen LogP contribution in [0.4, 0.5) is 10.8 Å². The van der Waals surface area contributed by atoms with Crippen LogP contribution in [0.15, 0.2) is 70.7 Å². The molecule has 0 aliphatic carbocycles. The van der Waals surface area contributed by atoms with Crippen molar-refractivity contribution in [3.63, 3.8) is 0 Å². The van der Waals surface area contributed by atoms with Gasteiger partial charge in [-0.05, 0) is 42.5 Å². The first kappa shape index (κ1) is 19.5. The molecule has 2 aromatic carbocycles. The molecule has 0 unspecified atom stereocenters. The highest BCUT2D eigenvalue weighted by atomic mass is 32.1. The molecule has 1 aliphatic heterocycles. The predicted octanol–water partition coefficient (Wildman–Crippen LogP) is 4.18. The lowest BCUT2D eigenvalue weighted by atomic mass is 10.2. The highest BCUT2D eigenvalue weighted by Gasteiger charge is 2.25. The van der Waals surface area contributed by atoms with E-state index in [9.17, 15) is 9.59 Å². The van der Waals surface area contributed by atoms with Gasteiger partial charge in [0, 0.05) is 17.9 Å². The van der Waals surface area contributed by atoms with Gasteiger partial charge < -0.3 is 9.47 Å². The molecular weight excluding hydrogens is 402 g/mol. The Morgan fingerprint density at radius 1 is 1.13 bits per heavy atom. The number of carbonyl (C=O) groups is 2. The Morgan fingerprint density at radius 3 is 2.53 bits per heavy atom. The summed E-state index contributed by atoms with van der Waals surface area (Å²) in [5.74, 6) is 0.227. The van der Waals surface area contributed by atoms with Crippen molar-refractivity contribution >= 4 is 46.0 Å². The summed E-state index contributed by atoms with van der Waals surface area (Å²) in [6.45, 7) is 1.47. The van der Waals surface area contributed by atoms with Crippen LogP contribution < -0.4 is 9.64 Å². The number of esters is 1. The first-order valence-electron chi connectivity index (χ1n) is 9.03. The highest BCUT2D eigenvalue weighted by Crippen LogP contribution is 2.31. The fraction of sp³-hybridized carbons (Fsp3) is 0.0909. The zero-order chi connectivity index (χ0) is 21.1. The van der Waals surface area contributed by atoms with E-state index in [1.807, 2.05) is 30.3 Å². The topological polar surface area (TPSA) is 81.1 Å². The van der Waals surface area contributed by atoms with E-state index in [-0.39, 0.29) is 17.5 Å². The van der Waals surface area contributed by atoms with Crippen LogP contribution in [-0.4, -0.2) is 29.9 Å². The molecule has 4 rings (SSSR count). The maximum atomic E-state index is 12.3. The molecule has 30 heavy (non-hydrogen) atoms. The number of cyclic esters (lactones) is 1. The van der Waals surface area contributed by atoms with Crippen molar-refractivity contribution in [2.45, 2.75) is 6.92 Å². The Morgan fingerprint density at radius 2 is 1.87 bits per heavy atom. The molecule has 0 N–H and O–H groups in total. The van der Waals surface area contributed by atoms with Gasteiger partial charge in [-0.25, -0.2) is 14.8 Å². The quantitative estimate of drug-likeness (QED) is 0.458. The Kier molecular flexibility index (Phi) is 5.40. The standard InChI is InChI=1S/C22H17N3O4S/c1-14(26)25(17-8-10-18(28-2)11-9-17)22-23-16(13-30-22)12-19-21(27)29-20(24-19)15-6-4-3-5-7-15/h3-13H,1-2H3/b19-12-. The van der Waals surface area contributed by atoms with Gasteiger partial charge in [0.15, 0.2) is 10.8 Å². The smallest absolute Gasteiger partial charge is 0.363 e. The minimum absolute atomic E-state index is 0.157. The molecule has 0 atom stereocenters. The largest absolute Gasteiger partial charge is 0.497 e. The second kappa shape index (κ2) is 8.30. The maximum absolute atomic E-state index is 12.3. The van der Waals surface area contributed by atoms with E-state index >= 15 is 0 Å². The zero-order valence-electron chi connectivity index (χ0n) is 16.2. The van der Waals surface area contributed by atoms with E-state index in [4.69, 9.17) is 9.47 Å². The first-order chi connectivity index (χ1) is 14.5. The van der Waals surface area contributed by atoms with Gasteiger partial charge in [0.25, 0.3) is 0 Å². The molecule has 0 fully saturated rings. The summed E-state index contributed by atoms with van der Waals surface area (Å²) in [5, 5.41) is 2.24. The number of anilines is 2. The Bertz CT molecular complexity index is 1150. The lowest BCUT2D eigenvalue weighted by Crippen LogP contribution is -2.22. The van der Waals surface area contributed by atoms with Crippen LogP contribution in [0.3, 0.4) is 0 Å². The lowest BCUT2D eigenvalue weighted by Gasteiger charge is -2.18. The van der Waals surface area contributed by atoms with E-state index in [1.54, 1.807) is 42.8 Å². The predicted molar refractivity (Wildman–Crippen MR) is 115 cm³/mol. The molecule has 1 aliphatic rings. The number of ether oxygens (including phenoxy) is 2. The molecule has 2 heterocycles. The number of benzene rings is 2. The summed E-state index contributed by atoms with van der Waals surface area (Å²) >= 11 is 1.29. The molecule has 8 heteroatoms. The van der Waals surface area contributed by atoms with Crippen LogP contribution >= 0.6 is 11.3 Å². The zero-order valence-corrected chi connectivity index (χ0v) is 17.1. The van der Waals surface area contributed by atoms with Gasteiger partial charge in [-0.3, -0.25) is 9.69 Å². The Balaban J connectivity index is 1.61. The van der Waals surface area contributed by atoms with Crippen LogP contribution in [0, 0.1) is 0 Å². The SMILES string of the molecule is COc1ccc(N(C(C)=O)c2nc(/C=C3\N=C(c4ccccc4)OC3=O)cs2)cc1. The number of aromatic nitrogens is 1. The minimum atomic E-state index is -0.540. The van der Waals surface area contributed by atoms with Crippen molar-refractivity contribution in [3.8, 4) is 5.75 Å². The van der Waals surface area contributed by atoms with Gasteiger partial charge in [-0.15, -0.1) is 11.3 Å². The lowest BCUT2D eigenvalue weighted by molar-refractivity contribution is -0.130. The summed E-state index contributed by atoms with van der Waals surface area (Å²) in [6, 6.07) is 16.3. The van der Waals surface area contributed by atoms with Gasteiger partial charge in [0.1, 0.15) is 5.75 Å². The van der Waals surface area contributed by atoms with Crippen molar-refractivity contribution in [3.05, 3.63) is 76.9 Å². The van der Waals surface area contributed by atoms with Crippen molar-refractivity contribution < 1.29 is 19.1 Å². The van der Waals surface area contributed by atoms with Gasteiger partial charge in [-0.2, -0.15) is 0 Å². The number of rotatable bonds is 5. The number of hydrogen-bond donors (Lipinski definition) is 0. The van der Waals surface area contributed by atoms with Crippen molar-refractivity contribution in [1.82, 2.24) is 4.98 Å². The number of carbonyl (C=O) groups excluding carboxylic acids is 2. The van der Waals surface area contributed by atoms with E-state index in [1.165, 1.54) is 23.2 Å². The number of methoxy groups -OCH3 is 1. The fourth-order valence-electron chi connectivity index (χ4n) is 2.86. The number of thiazole rings is 1. The number of hydrogen-bond acceptors (Lipinski definition) is 7. The first-order valence-corrected chi connectivity index (χ1v) is 9.91. The summed E-state index contributed by atoms with van der Waals surface area (Å²) in [4.78, 5) is 34.7. The molecule has 0 saturated carbocycles. The molecule has 0 saturated heterocycles. The summed E-state index contributed by atoms with van der Waals surface area (Å²) in [5.41, 5.74) is 2.06. The van der Waals surface area contributed by atoms with Gasteiger partial charge in [-0.1, -0.05) is 18.2 Å². The minimum Gasteiger partial charge on any atom is -0.497 e. The van der Waals surface area contributed by atoms with Gasteiger partial charge >= 0.3 is 5.97 Å². The van der Waals surface area contributed by atoms with E-state index in [0.717, 1.165) is 5.56 Å². The third kappa shape index (κ3) is 3.99. The van der Waals surface area contributed by atoms with Gasteiger partial charge in [0.05, 0.1) is 18.5 Å². The average Bonchev–Trinajstić information content (AvgIpc) is 3.36. The van der Waals surface area contributed by atoms with Crippen LogP contribution in [0.1, 0.15) is 18.2 Å². The third-order valence-corrected chi connectivity index (χ3v) is 5.12. The Hall–Kier alpha value is -3.78. The molecule has 1 amide bonds. The number of aliphatic imine (C=N–C) groups is 1. The van der Waals surface area contributed by atoms with Crippen molar-refractivity contribution in [1.29, 1.82) is 0 Å². The van der Waals surface area contributed by atoms with Crippen LogP contribution in [-0.2, 0) is 14.3 Å². The second-order valence-electron chi connectivity index (χ2n) is 6.31. The summed E-state index contributed by atoms with van der Waals surface area (Å²) < 4.78 is 10.4. The monoisotopic (exact) mass is 419 g/mol. The normalized spacial score (nSPS) is 14.4. The molecular formula is C22H17N3O4S. The summed E-state index contributed by atoms with van der Waals surface area (Å²) in [7, 11) is 1.58. The molecule has 0 spiro atoms. The van der Waals surface area contributed by atoms with Crippen molar-refractivity contribution in [2.24, 2.45) is 4.99 Å². The Labute approximate surface area is 176 Å². The maximum Gasteiger partial charge on any atom is 0.363 e. The van der Waals surface area contributed by atoms with Crippen LogP contribution in [0.2, 0.25) is 0 Å². The fourth-order valence-corrected chi connectivity index (χ4v) is 3.70. The molecule has 0 bridgehead atoms. The third-order valence-electron chi connectivity index (χ3n) is 4.27. The molecule has 3 aromatic rings. The molecule has 7 nitrogen and oxygen atoms in total. The van der Waals surface area contributed by atoms with Crippen LogP contribution in [0.5, 0.6) is 5.75 Å². The van der Waals surface area contributed by atoms with Gasteiger partial charge in [0.2, 0.25) is 11.8 Å². The molecule has 0 radical (unpaired) electrons. The second-order valence-corrected chi connectivity index (χ2v) is 7.15. The number of nitrogens with zero attached hydrogens (tertiary/aromatic N) is 3. The average molecular weight is 419 g/mol. The van der Waals surface area contributed by atoms with Crippen LogP contribution in [0.25, 0.3) is 6.08 Å². The molecule has 150 valence electrons. The van der Waals surface area contributed by atoms with E-state index in [2.05, 4.69) is 9.98 Å². The number of amides is 1. The van der Waals surface area contributed by atoms with E-state index in [0.29, 0.717) is 22.3 Å². The highest BCUT2D eigenvalue weighted by molar-refractivity contribution is 7.14. The van der Waals surface area contributed by atoms with Crippen molar-refractivity contribution in [2.75, 3.05) is 12.0 Å². The molecule has 1 aromatic heterocycles. The van der Waals surface area contributed by atoms with E-state index < -0.39 is 5.97 Å². The summed E-state index contributed by atoms with van der Waals surface area (Å²) in [6.07, 6.45) is 1.55.